The maximum atomic E-state index is 12.1. The summed E-state index contributed by atoms with van der Waals surface area (Å²) in [5, 5.41) is 0. The molecule has 1 aromatic rings. The van der Waals surface area contributed by atoms with Gasteiger partial charge < -0.3 is 4.74 Å². The molecule has 2 nitrogen and oxygen atoms in total. The topological polar surface area (TPSA) is 26.3 Å². The summed E-state index contributed by atoms with van der Waals surface area (Å²) in [4.78, 5) is 11.3. The van der Waals surface area contributed by atoms with Crippen molar-refractivity contribution >= 4 is 17.4 Å². The lowest BCUT2D eigenvalue weighted by Crippen LogP contribution is -2.10. The minimum atomic E-state index is -2.95. The summed E-state index contributed by atoms with van der Waals surface area (Å²) in [6.07, 6.45) is 0. The summed E-state index contributed by atoms with van der Waals surface area (Å²) in [5.41, 5.74) is 0.566. The molecule has 0 spiro atoms. The van der Waals surface area contributed by atoms with Gasteiger partial charge >= 0.3 is 6.61 Å². The van der Waals surface area contributed by atoms with Gasteiger partial charge in [-0.25, -0.2) is 0 Å². The number of hydrogen-bond donors (Lipinski definition) is 0. The molecule has 1 aromatic carbocycles. The molecule has 0 N–H and O–H groups in total. The van der Waals surface area contributed by atoms with Crippen LogP contribution in [0.4, 0.5) is 8.78 Å². The minimum absolute atomic E-state index is 0.0882. The lowest BCUT2D eigenvalue weighted by Gasteiger charge is -2.11. The van der Waals surface area contributed by atoms with Gasteiger partial charge in [-0.2, -0.15) is 8.78 Å². The number of halogens is 3. The first-order valence-electron chi connectivity index (χ1n) is 4.20. The Morgan fingerprint density at radius 1 is 1.53 bits per heavy atom. The number of hydrogen-bond acceptors (Lipinski definition) is 2. The summed E-state index contributed by atoms with van der Waals surface area (Å²) in [5.74, 6) is -0.794. The van der Waals surface area contributed by atoms with Gasteiger partial charge in [0.2, 0.25) is 0 Å². The van der Waals surface area contributed by atoms with E-state index in [4.69, 9.17) is 11.6 Å². The molecule has 0 bridgehead atoms. The number of benzene rings is 1. The summed E-state index contributed by atoms with van der Waals surface area (Å²) in [6, 6.07) is 4.59. The van der Waals surface area contributed by atoms with E-state index in [2.05, 4.69) is 4.74 Å². The lowest BCUT2D eigenvalue weighted by molar-refractivity contribution is -0.0505. The first-order chi connectivity index (χ1) is 7.06. The first-order valence-corrected chi connectivity index (χ1v) is 4.73. The van der Waals surface area contributed by atoms with E-state index < -0.39 is 12.4 Å². The molecule has 0 radical (unpaired) electrons. The second-order valence-electron chi connectivity index (χ2n) is 2.89. The number of rotatable bonds is 4. The Balaban J connectivity index is 3.14. The number of ketones is 1. The Hall–Kier alpha value is -1.16. The van der Waals surface area contributed by atoms with Gasteiger partial charge in [-0.3, -0.25) is 4.79 Å². The van der Waals surface area contributed by atoms with Crippen LogP contribution in [0.1, 0.15) is 15.9 Å². The van der Waals surface area contributed by atoms with Crippen molar-refractivity contribution < 1.29 is 18.3 Å². The third-order valence-corrected chi connectivity index (χ3v) is 2.08. The largest absolute Gasteiger partial charge is 0.434 e. The predicted molar refractivity (Wildman–Crippen MR) is 52.9 cm³/mol. The Morgan fingerprint density at radius 2 is 2.20 bits per heavy atom. The van der Waals surface area contributed by atoms with Gasteiger partial charge in [-0.05, 0) is 18.6 Å². The molecule has 15 heavy (non-hydrogen) atoms. The van der Waals surface area contributed by atoms with E-state index in [0.717, 1.165) is 0 Å². The van der Waals surface area contributed by atoms with Crippen molar-refractivity contribution in [1.82, 2.24) is 0 Å². The van der Waals surface area contributed by atoms with Gasteiger partial charge in [0.05, 0.1) is 11.4 Å². The molecule has 0 saturated carbocycles. The van der Waals surface area contributed by atoms with Crippen LogP contribution in [0.2, 0.25) is 0 Å². The van der Waals surface area contributed by atoms with E-state index in [1.165, 1.54) is 6.07 Å². The van der Waals surface area contributed by atoms with Crippen LogP contribution in [0.25, 0.3) is 0 Å². The number of alkyl halides is 3. The zero-order valence-corrected chi connectivity index (χ0v) is 8.72. The SMILES string of the molecule is Cc1cccc(C(=O)CCl)c1OC(F)F. The second kappa shape index (κ2) is 5.07. The molecule has 5 heteroatoms. The molecule has 0 unspecified atom stereocenters. The van der Waals surface area contributed by atoms with Crippen molar-refractivity contribution in [3.05, 3.63) is 29.3 Å². The summed E-state index contributed by atoms with van der Waals surface area (Å²) in [7, 11) is 0. The zero-order chi connectivity index (χ0) is 11.4. The van der Waals surface area contributed by atoms with Crippen LogP contribution >= 0.6 is 11.6 Å². The molecule has 0 saturated heterocycles. The fraction of sp³-hybridized carbons (Fsp3) is 0.300. The smallest absolute Gasteiger partial charge is 0.387 e. The van der Waals surface area contributed by atoms with Gasteiger partial charge in [0.25, 0.3) is 0 Å². The molecule has 0 aliphatic rings. The maximum absolute atomic E-state index is 12.1. The molecule has 0 atom stereocenters. The van der Waals surface area contributed by atoms with E-state index in [-0.39, 0.29) is 17.2 Å². The van der Waals surface area contributed by atoms with Crippen molar-refractivity contribution in [2.75, 3.05) is 5.88 Å². The highest BCUT2D eigenvalue weighted by Gasteiger charge is 2.16. The standard InChI is InChI=1S/C10H9ClF2O2/c1-6-3-2-4-7(8(14)5-11)9(6)15-10(12)13/h2-4,10H,5H2,1H3. The van der Waals surface area contributed by atoms with Gasteiger partial charge in [0.1, 0.15) is 5.75 Å². The molecular weight excluding hydrogens is 226 g/mol. The Kier molecular flexibility index (Phi) is 4.03. The fourth-order valence-electron chi connectivity index (χ4n) is 1.19. The van der Waals surface area contributed by atoms with Crippen LogP contribution in [0.15, 0.2) is 18.2 Å². The maximum Gasteiger partial charge on any atom is 0.387 e. The lowest BCUT2D eigenvalue weighted by atomic mass is 10.1. The zero-order valence-electron chi connectivity index (χ0n) is 7.97. The molecule has 0 amide bonds. The predicted octanol–water partition coefficient (Wildman–Crippen LogP) is 3.02. The van der Waals surface area contributed by atoms with Gasteiger partial charge in [-0.1, -0.05) is 12.1 Å². The van der Waals surface area contributed by atoms with Gasteiger partial charge in [0.15, 0.2) is 5.78 Å². The van der Waals surface area contributed by atoms with E-state index in [1.54, 1.807) is 19.1 Å². The van der Waals surface area contributed by atoms with E-state index >= 15 is 0 Å². The average molecular weight is 235 g/mol. The second-order valence-corrected chi connectivity index (χ2v) is 3.15. The van der Waals surface area contributed by atoms with Crippen molar-refractivity contribution in [2.24, 2.45) is 0 Å². The average Bonchev–Trinajstić information content (AvgIpc) is 2.19. The molecule has 0 aliphatic carbocycles. The fourth-order valence-corrected chi connectivity index (χ4v) is 1.33. The van der Waals surface area contributed by atoms with Crippen molar-refractivity contribution in [1.29, 1.82) is 0 Å². The highest BCUT2D eigenvalue weighted by atomic mass is 35.5. The molecule has 1 rings (SSSR count). The molecular formula is C10H9ClF2O2. The molecule has 0 heterocycles. The van der Waals surface area contributed by atoms with Crippen LogP contribution < -0.4 is 4.74 Å². The Labute approximate surface area is 90.8 Å². The Morgan fingerprint density at radius 3 is 2.73 bits per heavy atom. The van der Waals surface area contributed by atoms with E-state index in [1.807, 2.05) is 0 Å². The number of aryl methyl sites for hydroxylation is 1. The van der Waals surface area contributed by atoms with E-state index in [9.17, 15) is 13.6 Å². The highest BCUT2D eigenvalue weighted by molar-refractivity contribution is 6.30. The molecule has 0 aromatic heterocycles. The van der Waals surface area contributed by atoms with Gasteiger partial charge in [-0.15, -0.1) is 11.6 Å². The van der Waals surface area contributed by atoms with Crippen LogP contribution in [0.5, 0.6) is 5.75 Å². The monoisotopic (exact) mass is 234 g/mol. The molecule has 82 valence electrons. The molecule has 0 fully saturated rings. The van der Waals surface area contributed by atoms with Crippen molar-refractivity contribution in [3.8, 4) is 5.75 Å². The van der Waals surface area contributed by atoms with Crippen LogP contribution in [-0.4, -0.2) is 18.3 Å². The summed E-state index contributed by atoms with van der Waals surface area (Å²) in [6.45, 7) is -1.36. The van der Waals surface area contributed by atoms with Crippen LogP contribution in [-0.2, 0) is 0 Å². The van der Waals surface area contributed by atoms with Crippen molar-refractivity contribution in [2.45, 2.75) is 13.5 Å². The van der Waals surface area contributed by atoms with Crippen molar-refractivity contribution in [3.63, 3.8) is 0 Å². The number of Topliss-reactive ketones (excluding diaryl/α,β-unsaturated/α-hetero) is 1. The third-order valence-electron chi connectivity index (χ3n) is 1.84. The number of carbonyl (C=O) groups excluding carboxylic acids is 1. The Bertz CT molecular complexity index is 366. The third kappa shape index (κ3) is 2.89. The van der Waals surface area contributed by atoms with E-state index in [0.29, 0.717) is 5.56 Å². The summed E-state index contributed by atoms with van der Waals surface area (Å²) >= 11 is 5.35. The number of ether oxygens (including phenoxy) is 1. The quantitative estimate of drug-likeness (QED) is 0.591. The number of carbonyl (C=O) groups is 1. The van der Waals surface area contributed by atoms with Crippen LogP contribution in [0, 0.1) is 6.92 Å². The molecule has 0 aliphatic heterocycles. The highest BCUT2D eigenvalue weighted by Crippen LogP contribution is 2.25. The van der Waals surface area contributed by atoms with Gasteiger partial charge in [0, 0.05) is 0 Å². The summed E-state index contributed by atoms with van der Waals surface area (Å²) < 4.78 is 28.4. The normalized spacial score (nSPS) is 10.5. The first kappa shape index (κ1) is 11.9. The van der Waals surface area contributed by atoms with Crippen LogP contribution in [0.3, 0.4) is 0 Å². The number of para-hydroxylation sites is 1. The minimum Gasteiger partial charge on any atom is -0.434 e.